The Bertz CT molecular complexity index is 1840. The molecular formula is C23H28F2N6O4S. The summed E-state index contributed by atoms with van der Waals surface area (Å²) in [4.78, 5) is 8.21. The van der Waals surface area contributed by atoms with Crippen molar-refractivity contribution in [2.45, 2.75) is 67.5 Å². The quantitative estimate of drug-likeness (QED) is 0.224. The number of aromatic nitrogens is 5. The monoisotopic (exact) mass is 537 g/mol. The van der Waals surface area contributed by atoms with Crippen molar-refractivity contribution in [2.75, 3.05) is 24.1 Å². The van der Waals surface area contributed by atoms with E-state index in [1.165, 1.54) is 0 Å². The fourth-order valence-corrected chi connectivity index (χ4v) is 4.36. The van der Waals surface area contributed by atoms with E-state index in [-0.39, 0.29) is 23.7 Å². The summed E-state index contributed by atoms with van der Waals surface area (Å²) in [6.45, 7) is -10.4. The third-order valence-corrected chi connectivity index (χ3v) is 6.29. The number of benzene rings is 1. The van der Waals surface area contributed by atoms with Gasteiger partial charge in [0.15, 0.2) is 33.8 Å². The molecule has 1 unspecified atom stereocenters. The zero-order valence-corrected chi connectivity index (χ0v) is 18.8. The van der Waals surface area contributed by atoms with Crippen LogP contribution in [-0.2, 0) is 4.74 Å². The molecule has 36 heavy (non-hydrogen) atoms. The second kappa shape index (κ2) is 10.5. The van der Waals surface area contributed by atoms with Gasteiger partial charge in [0, 0.05) is 33.7 Å². The lowest BCUT2D eigenvalue weighted by Crippen LogP contribution is -2.33. The van der Waals surface area contributed by atoms with Crippen LogP contribution >= 0.6 is 11.8 Å². The lowest BCUT2D eigenvalue weighted by Gasteiger charge is -2.17. The molecule has 4 N–H and O–H groups in total. The molecular weight excluding hydrogens is 494 g/mol. The van der Waals surface area contributed by atoms with Gasteiger partial charge in [-0.3, -0.25) is 0 Å². The van der Waals surface area contributed by atoms with Gasteiger partial charge in [-0.2, -0.15) is 0 Å². The second-order valence-electron chi connectivity index (χ2n) is 7.87. The third kappa shape index (κ3) is 4.90. The SMILES string of the molecule is [2H]c1c([2H])c(C2C[C@]2([2H])Nc2nc(SC([2H])([2H])C([2H])([2H])C([2H])([2H])[2H])nc3c2nnn3[C@@H]2C[C@H](OC([2H])([2H])C([2H])([2H])O)[C@@H](O)[C@H]2O)c([2H])c(F)c1F. The number of anilines is 1. The van der Waals surface area contributed by atoms with Gasteiger partial charge in [-0.15, -0.1) is 5.10 Å². The Kier molecular flexibility index (Phi) is 3.75. The molecule has 2 heterocycles. The summed E-state index contributed by atoms with van der Waals surface area (Å²) in [6, 6.07) is -6.41. The van der Waals surface area contributed by atoms with Gasteiger partial charge < -0.3 is 25.4 Å². The minimum atomic E-state index is -3.54. The average molecular weight is 538 g/mol. The van der Waals surface area contributed by atoms with Crippen molar-refractivity contribution in [1.82, 2.24) is 25.0 Å². The number of aliphatic hydroxyl groups is 3. The van der Waals surface area contributed by atoms with E-state index in [0.29, 0.717) is 0 Å². The number of halogens is 2. The van der Waals surface area contributed by atoms with Crippen LogP contribution in [-0.4, -0.2) is 83.4 Å². The lowest BCUT2D eigenvalue weighted by atomic mass is 10.1. The number of aliphatic hydroxyl groups excluding tert-OH is 2. The standard InChI is InChI=1S/C23H28F2N6O4S/c1-2-7-36-23-27-21(26-15-9-12(15)11-3-4-13(24)14(25)8-11)18-22(28-23)31(30-29-18)16-10-17(35-6-5-32)20(34)19(16)33/h3-4,8,12,15-17,19-20,32-34H,2,5-7,9-10H2,1H3,(H,26,27,28)/t12?,15-,16+,17-,19-,20+/m0/s1/i1D3,2D2,3D,4D,5D2,6D2,7D2,8D,15D. The molecule has 0 radical (unpaired) electrons. The molecule has 5 rings (SSSR count). The molecule has 2 aromatic heterocycles. The first-order valence-corrected chi connectivity index (χ1v) is 11.2. The number of hydrogen-bond acceptors (Lipinski definition) is 10. The summed E-state index contributed by atoms with van der Waals surface area (Å²) in [5.74, 6) is -5.09. The molecule has 6 atom stereocenters. The van der Waals surface area contributed by atoms with Crippen molar-refractivity contribution in [1.29, 1.82) is 0 Å². The van der Waals surface area contributed by atoms with E-state index < -0.39 is 127 Å². The average Bonchev–Trinajstić information content (AvgIpc) is 3.30. The van der Waals surface area contributed by atoms with Gasteiger partial charge >= 0.3 is 0 Å². The highest BCUT2D eigenvalue weighted by Gasteiger charge is 2.45. The molecule has 0 spiro atoms. The summed E-state index contributed by atoms with van der Waals surface area (Å²) in [5, 5.41) is 40.8. The van der Waals surface area contributed by atoms with Crippen LogP contribution in [0.2, 0.25) is 0 Å². The summed E-state index contributed by atoms with van der Waals surface area (Å²) in [7, 11) is 0. The highest BCUT2D eigenvalue weighted by Crippen LogP contribution is 2.44. The molecule has 0 aliphatic heterocycles. The molecule has 3 aromatic rings. The van der Waals surface area contributed by atoms with Crippen molar-refractivity contribution < 1.29 is 49.4 Å². The number of nitrogens with one attached hydrogen (secondary N) is 1. The molecule has 2 aliphatic rings. The maximum Gasteiger partial charge on any atom is 0.191 e. The van der Waals surface area contributed by atoms with Gasteiger partial charge in [0.25, 0.3) is 0 Å². The van der Waals surface area contributed by atoms with Crippen LogP contribution in [0.1, 0.15) is 64.2 Å². The topological polar surface area (TPSA) is 138 Å². The normalized spacial score (nSPS) is 37.7. The summed E-state index contributed by atoms with van der Waals surface area (Å²) in [6.07, 6.45) is -9.69. The number of thioether (sulfide) groups is 1. The Morgan fingerprint density at radius 1 is 1.31 bits per heavy atom. The fourth-order valence-electron chi connectivity index (χ4n) is 3.95. The Balaban J connectivity index is 1.58. The number of fused-ring (bicyclic) bond motifs is 1. The van der Waals surface area contributed by atoms with E-state index in [1.807, 2.05) is 0 Å². The number of rotatable bonds is 10. The van der Waals surface area contributed by atoms with Gasteiger partial charge in [0.05, 0.1) is 36.2 Å². The van der Waals surface area contributed by atoms with Gasteiger partial charge in [0.1, 0.15) is 12.2 Å². The van der Waals surface area contributed by atoms with Gasteiger partial charge in [-0.1, -0.05) is 29.9 Å². The van der Waals surface area contributed by atoms with Gasteiger partial charge in [0.2, 0.25) is 0 Å². The molecule has 10 nitrogen and oxygen atoms in total. The van der Waals surface area contributed by atoms with Crippen molar-refractivity contribution in [3.05, 3.63) is 35.3 Å². The zero-order chi connectivity index (χ0) is 38.6. The van der Waals surface area contributed by atoms with Gasteiger partial charge in [-0.25, -0.2) is 23.4 Å². The first-order valence-electron chi connectivity index (χ1n) is 17.9. The molecule has 194 valence electrons. The predicted molar refractivity (Wildman–Crippen MR) is 128 cm³/mol. The molecule has 13 heteroatoms. The molecule has 0 saturated heterocycles. The first-order chi connectivity index (χ1) is 23.1. The van der Waals surface area contributed by atoms with E-state index in [4.69, 9.17) is 25.3 Å². The molecule has 2 fully saturated rings. The second-order valence-corrected chi connectivity index (χ2v) is 8.64. The van der Waals surface area contributed by atoms with Crippen LogP contribution in [0, 0.1) is 11.6 Å². The molecule has 1 aromatic carbocycles. The Hall–Kier alpha value is -2.45. The molecule has 0 amide bonds. The van der Waals surface area contributed by atoms with Crippen LogP contribution in [0.5, 0.6) is 0 Å². The predicted octanol–water partition coefficient (Wildman–Crippen LogP) is 2.01. The van der Waals surface area contributed by atoms with E-state index in [9.17, 15) is 24.1 Å². The largest absolute Gasteiger partial charge is 0.394 e. The van der Waals surface area contributed by atoms with Crippen molar-refractivity contribution in [3.63, 3.8) is 0 Å². The van der Waals surface area contributed by atoms with Gasteiger partial charge in [-0.05, 0) is 30.4 Å². The maximum absolute atomic E-state index is 14.4. The van der Waals surface area contributed by atoms with Crippen LogP contribution in [0.25, 0.3) is 11.2 Å². The minimum Gasteiger partial charge on any atom is -0.394 e. The van der Waals surface area contributed by atoms with Crippen LogP contribution < -0.4 is 5.32 Å². The summed E-state index contributed by atoms with van der Waals surface area (Å²) in [5.41, 5.74) is -4.47. The lowest BCUT2D eigenvalue weighted by molar-refractivity contribution is -0.0629. The smallest absolute Gasteiger partial charge is 0.191 e. The number of ether oxygens (including phenoxy) is 1. The van der Waals surface area contributed by atoms with E-state index in [2.05, 4.69) is 25.6 Å². The Morgan fingerprint density at radius 2 is 2.17 bits per heavy atom. The van der Waals surface area contributed by atoms with E-state index in [0.717, 1.165) is 4.68 Å². The molecule has 2 saturated carbocycles. The van der Waals surface area contributed by atoms with E-state index in [1.54, 1.807) is 0 Å². The molecule has 0 bridgehead atoms. The Morgan fingerprint density at radius 3 is 2.97 bits per heavy atom. The fraction of sp³-hybridized carbons (Fsp3) is 0.565. The number of hydrogen-bond donors (Lipinski definition) is 4. The van der Waals surface area contributed by atoms with Crippen molar-refractivity contribution in [3.8, 4) is 0 Å². The van der Waals surface area contributed by atoms with Crippen LogP contribution in [0.3, 0.4) is 0 Å². The Labute approximate surface area is 231 Å². The highest BCUT2D eigenvalue weighted by atomic mass is 32.2. The van der Waals surface area contributed by atoms with E-state index >= 15 is 0 Å². The summed E-state index contributed by atoms with van der Waals surface area (Å²) >= 11 is -0.0958. The summed E-state index contributed by atoms with van der Waals surface area (Å²) < 4.78 is 152. The molecule has 2 aliphatic carbocycles. The maximum atomic E-state index is 14.4. The van der Waals surface area contributed by atoms with Crippen LogP contribution in [0.4, 0.5) is 14.6 Å². The minimum absolute atomic E-state index is 0.0958. The first kappa shape index (κ1) is 12.9. The zero-order valence-electron chi connectivity index (χ0n) is 33.0. The highest BCUT2D eigenvalue weighted by molar-refractivity contribution is 7.99. The van der Waals surface area contributed by atoms with Crippen molar-refractivity contribution in [2.24, 2.45) is 0 Å². The number of nitrogens with zero attached hydrogens (tertiary/aromatic N) is 5. The third-order valence-electron chi connectivity index (χ3n) is 5.72. The van der Waals surface area contributed by atoms with Crippen LogP contribution in [0.15, 0.2) is 23.3 Å². The van der Waals surface area contributed by atoms with Crippen molar-refractivity contribution >= 4 is 28.7 Å².